The fraction of sp³-hybridized carbons (Fsp3) is 0.625. The van der Waals surface area contributed by atoms with E-state index in [2.05, 4.69) is 12.2 Å². The van der Waals surface area contributed by atoms with E-state index in [1.165, 1.54) is 31.7 Å². The van der Waals surface area contributed by atoms with Gasteiger partial charge < -0.3 is 15.8 Å². The standard InChI is InChI=1S/C16H25FN2O/c1-3-20-16-10-15(13(18)9-12(16)17)19-14-8-6-4-5-7-11(14)2/h9-11,14,19H,3-8,18H2,1-2H3. The molecule has 1 aromatic carbocycles. The van der Waals surface area contributed by atoms with Crippen LogP contribution in [0.1, 0.15) is 46.0 Å². The Bertz CT molecular complexity index is 450. The molecule has 1 aliphatic rings. The molecule has 0 spiro atoms. The predicted molar refractivity (Wildman–Crippen MR) is 81.6 cm³/mol. The van der Waals surface area contributed by atoms with Crippen LogP contribution in [0.5, 0.6) is 5.75 Å². The van der Waals surface area contributed by atoms with E-state index in [1.807, 2.05) is 6.92 Å². The minimum Gasteiger partial charge on any atom is -0.491 e. The van der Waals surface area contributed by atoms with Gasteiger partial charge in [0.05, 0.1) is 18.0 Å². The van der Waals surface area contributed by atoms with E-state index in [9.17, 15) is 4.39 Å². The first-order valence-electron chi connectivity index (χ1n) is 7.60. The summed E-state index contributed by atoms with van der Waals surface area (Å²) < 4.78 is 19.0. The van der Waals surface area contributed by atoms with Gasteiger partial charge in [-0.25, -0.2) is 4.39 Å². The van der Waals surface area contributed by atoms with Crippen molar-refractivity contribution in [2.24, 2.45) is 5.92 Å². The van der Waals surface area contributed by atoms with Crippen LogP contribution in [0.15, 0.2) is 12.1 Å². The molecule has 4 heteroatoms. The Balaban J connectivity index is 2.16. The zero-order valence-corrected chi connectivity index (χ0v) is 12.4. The Morgan fingerprint density at radius 1 is 1.30 bits per heavy atom. The molecule has 0 heterocycles. The molecule has 3 nitrogen and oxygen atoms in total. The maximum absolute atomic E-state index is 13.7. The number of anilines is 2. The van der Waals surface area contributed by atoms with E-state index >= 15 is 0 Å². The van der Waals surface area contributed by atoms with Crippen LogP contribution in [-0.4, -0.2) is 12.6 Å². The first-order chi connectivity index (χ1) is 9.61. The minimum atomic E-state index is -0.399. The highest BCUT2D eigenvalue weighted by Crippen LogP contribution is 2.32. The van der Waals surface area contributed by atoms with Crippen LogP contribution in [0, 0.1) is 11.7 Å². The van der Waals surface area contributed by atoms with E-state index in [0.717, 1.165) is 12.1 Å². The number of hydrogen-bond acceptors (Lipinski definition) is 3. The number of hydrogen-bond donors (Lipinski definition) is 2. The molecule has 1 aromatic rings. The SMILES string of the molecule is CCOc1cc(NC2CCCCCC2C)c(N)cc1F. The molecule has 0 bridgehead atoms. The maximum atomic E-state index is 13.7. The molecule has 112 valence electrons. The second-order valence-electron chi connectivity index (χ2n) is 5.67. The normalized spacial score (nSPS) is 23.1. The van der Waals surface area contributed by atoms with Crippen molar-refractivity contribution >= 4 is 11.4 Å². The Morgan fingerprint density at radius 3 is 2.80 bits per heavy atom. The summed E-state index contributed by atoms with van der Waals surface area (Å²) in [6.45, 7) is 4.56. The van der Waals surface area contributed by atoms with Crippen molar-refractivity contribution in [1.29, 1.82) is 0 Å². The van der Waals surface area contributed by atoms with Crippen molar-refractivity contribution in [1.82, 2.24) is 0 Å². The Morgan fingerprint density at radius 2 is 2.05 bits per heavy atom. The van der Waals surface area contributed by atoms with Crippen molar-refractivity contribution in [3.05, 3.63) is 17.9 Å². The van der Waals surface area contributed by atoms with Crippen molar-refractivity contribution < 1.29 is 9.13 Å². The fourth-order valence-electron chi connectivity index (χ4n) is 2.87. The summed E-state index contributed by atoms with van der Waals surface area (Å²) >= 11 is 0. The van der Waals surface area contributed by atoms with E-state index in [-0.39, 0.29) is 5.75 Å². The molecule has 0 aliphatic heterocycles. The summed E-state index contributed by atoms with van der Waals surface area (Å²) in [5.74, 6) is 0.479. The molecule has 0 aromatic heterocycles. The van der Waals surface area contributed by atoms with Gasteiger partial charge in [0.1, 0.15) is 0 Å². The lowest BCUT2D eigenvalue weighted by Gasteiger charge is -2.25. The van der Waals surface area contributed by atoms with Gasteiger partial charge >= 0.3 is 0 Å². The van der Waals surface area contributed by atoms with Crippen LogP contribution in [0.2, 0.25) is 0 Å². The van der Waals surface area contributed by atoms with Crippen molar-refractivity contribution in [2.75, 3.05) is 17.7 Å². The van der Waals surface area contributed by atoms with Crippen LogP contribution < -0.4 is 15.8 Å². The number of rotatable bonds is 4. The summed E-state index contributed by atoms with van der Waals surface area (Å²) in [4.78, 5) is 0. The molecule has 1 aliphatic carbocycles. The van der Waals surface area contributed by atoms with Gasteiger partial charge in [-0.1, -0.05) is 26.2 Å². The lowest BCUT2D eigenvalue weighted by molar-refractivity contribution is 0.322. The second-order valence-corrected chi connectivity index (χ2v) is 5.67. The third-order valence-corrected chi connectivity index (χ3v) is 4.11. The predicted octanol–water partition coefficient (Wildman–Crippen LogP) is 4.19. The van der Waals surface area contributed by atoms with E-state index in [1.54, 1.807) is 6.07 Å². The van der Waals surface area contributed by atoms with Crippen molar-refractivity contribution in [2.45, 2.75) is 52.0 Å². The highest BCUT2D eigenvalue weighted by atomic mass is 19.1. The summed E-state index contributed by atoms with van der Waals surface area (Å²) in [5.41, 5.74) is 7.16. The average Bonchev–Trinajstić information content (AvgIpc) is 2.61. The number of nitrogens with two attached hydrogens (primary N) is 1. The molecule has 3 N–H and O–H groups in total. The fourth-order valence-corrected chi connectivity index (χ4v) is 2.87. The number of nitrogens with one attached hydrogen (secondary N) is 1. The van der Waals surface area contributed by atoms with Crippen LogP contribution in [0.3, 0.4) is 0 Å². The smallest absolute Gasteiger partial charge is 0.167 e. The molecule has 20 heavy (non-hydrogen) atoms. The maximum Gasteiger partial charge on any atom is 0.167 e. The number of benzene rings is 1. The summed E-state index contributed by atoms with van der Waals surface area (Å²) in [6, 6.07) is 3.43. The lowest BCUT2D eigenvalue weighted by Crippen LogP contribution is -2.26. The van der Waals surface area contributed by atoms with Crippen LogP contribution in [0.25, 0.3) is 0 Å². The molecule has 2 unspecified atom stereocenters. The van der Waals surface area contributed by atoms with Gasteiger partial charge in [-0.2, -0.15) is 0 Å². The second kappa shape index (κ2) is 6.82. The summed E-state index contributed by atoms with van der Waals surface area (Å²) in [6.07, 6.45) is 6.20. The monoisotopic (exact) mass is 280 g/mol. The third-order valence-electron chi connectivity index (χ3n) is 4.11. The molecule has 0 amide bonds. The van der Waals surface area contributed by atoms with Crippen LogP contribution >= 0.6 is 0 Å². The van der Waals surface area contributed by atoms with Crippen molar-refractivity contribution in [3.8, 4) is 5.75 Å². The van der Waals surface area contributed by atoms with E-state index in [0.29, 0.717) is 24.3 Å². The van der Waals surface area contributed by atoms with Gasteiger partial charge in [-0.3, -0.25) is 0 Å². The topological polar surface area (TPSA) is 47.3 Å². The molecular weight excluding hydrogens is 255 g/mol. The Hall–Kier alpha value is -1.45. The zero-order chi connectivity index (χ0) is 14.5. The van der Waals surface area contributed by atoms with E-state index < -0.39 is 5.82 Å². The lowest BCUT2D eigenvalue weighted by atomic mass is 9.96. The van der Waals surface area contributed by atoms with Gasteiger partial charge in [-0.05, 0) is 25.7 Å². The molecule has 0 radical (unpaired) electrons. The molecule has 1 saturated carbocycles. The van der Waals surface area contributed by atoms with Gasteiger partial charge in [0.25, 0.3) is 0 Å². The highest BCUT2D eigenvalue weighted by molar-refractivity contribution is 5.69. The molecule has 2 rings (SSSR count). The molecule has 2 atom stereocenters. The van der Waals surface area contributed by atoms with Gasteiger partial charge in [0, 0.05) is 18.2 Å². The average molecular weight is 280 g/mol. The highest BCUT2D eigenvalue weighted by Gasteiger charge is 2.21. The zero-order valence-electron chi connectivity index (χ0n) is 12.4. The first-order valence-corrected chi connectivity index (χ1v) is 7.60. The van der Waals surface area contributed by atoms with Gasteiger partial charge in [0.15, 0.2) is 11.6 Å². The van der Waals surface area contributed by atoms with E-state index in [4.69, 9.17) is 10.5 Å². The summed E-state index contributed by atoms with van der Waals surface area (Å²) in [7, 11) is 0. The Kier molecular flexibility index (Phi) is 5.10. The number of nitrogen functional groups attached to an aromatic ring is 1. The number of ether oxygens (including phenoxy) is 1. The van der Waals surface area contributed by atoms with Crippen LogP contribution in [0.4, 0.5) is 15.8 Å². The van der Waals surface area contributed by atoms with Gasteiger partial charge in [0.2, 0.25) is 0 Å². The summed E-state index contributed by atoms with van der Waals surface area (Å²) in [5, 5.41) is 3.49. The largest absolute Gasteiger partial charge is 0.491 e. The molecular formula is C16H25FN2O. The Labute approximate surface area is 120 Å². The first kappa shape index (κ1) is 14.9. The van der Waals surface area contributed by atoms with Crippen LogP contribution in [-0.2, 0) is 0 Å². The quantitative estimate of drug-likeness (QED) is 0.642. The van der Waals surface area contributed by atoms with Crippen molar-refractivity contribution in [3.63, 3.8) is 0 Å². The number of halogens is 1. The molecule has 1 fully saturated rings. The molecule has 0 saturated heterocycles. The van der Waals surface area contributed by atoms with Gasteiger partial charge in [-0.15, -0.1) is 0 Å². The third kappa shape index (κ3) is 3.56. The minimum absolute atomic E-state index is 0.269.